The number of hydrogen-bond acceptors (Lipinski definition) is 1. The third kappa shape index (κ3) is 2.05. The molecule has 2 aromatic rings. The van der Waals surface area contributed by atoms with Crippen LogP contribution in [0.25, 0.3) is 10.9 Å². The molecule has 1 amide bonds. The molecule has 0 atom stereocenters. The van der Waals surface area contributed by atoms with E-state index < -0.39 is 0 Å². The summed E-state index contributed by atoms with van der Waals surface area (Å²) in [6, 6.07) is 8.19. The molecule has 4 aliphatic rings. The highest BCUT2D eigenvalue weighted by atomic mass is 16.1. The van der Waals surface area contributed by atoms with Crippen LogP contribution in [-0.2, 0) is 7.05 Å². The Morgan fingerprint density at radius 3 is 2.35 bits per heavy atom. The van der Waals surface area contributed by atoms with Crippen molar-refractivity contribution < 1.29 is 4.79 Å². The van der Waals surface area contributed by atoms with Gasteiger partial charge in [-0.1, -0.05) is 18.2 Å². The highest BCUT2D eigenvalue weighted by Gasteiger charge is 2.51. The van der Waals surface area contributed by atoms with Gasteiger partial charge in [0.15, 0.2) is 0 Å². The van der Waals surface area contributed by atoms with E-state index in [4.69, 9.17) is 0 Å². The quantitative estimate of drug-likeness (QED) is 0.897. The van der Waals surface area contributed by atoms with Crippen LogP contribution >= 0.6 is 0 Å². The maximum Gasteiger partial charge on any atom is 0.253 e. The summed E-state index contributed by atoms with van der Waals surface area (Å²) in [6.07, 6.45) is 9.82. The van der Waals surface area contributed by atoms with Crippen molar-refractivity contribution in [3.05, 3.63) is 36.0 Å². The number of carbonyl (C=O) groups is 1. The standard InChI is InChI=1S/C20H24N2O/c1-22-12-17(16-4-2-3-5-18(16)22)19(23)21-20-9-13-6-14(10-20)8-15(7-13)11-20/h2-5,12-15H,6-11H2,1H3,(H,21,23). The Kier molecular flexibility index (Phi) is 2.74. The van der Waals surface area contributed by atoms with Gasteiger partial charge < -0.3 is 9.88 Å². The lowest BCUT2D eigenvalue weighted by Crippen LogP contribution is -2.59. The minimum atomic E-state index is 0.0861. The van der Waals surface area contributed by atoms with Gasteiger partial charge in [-0.05, 0) is 62.3 Å². The van der Waals surface area contributed by atoms with E-state index in [9.17, 15) is 4.79 Å². The Balaban J connectivity index is 1.47. The lowest BCUT2D eigenvalue weighted by molar-refractivity contribution is -0.0166. The molecule has 0 spiro atoms. The SMILES string of the molecule is Cn1cc(C(=O)NC23CC4CC(CC(C4)C2)C3)c2ccccc21. The van der Waals surface area contributed by atoms with Gasteiger partial charge in [-0.25, -0.2) is 0 Å². The zero-order valence-corrected chi connectivity index (χ0v) is 13.7. The summed E-state index contributed by atoms with van der Waals surface area (Å²) in [4.78, 5) is 13.0. The van der Waals surface area contributed by atoms with Gasteiger partial charge in [0.1, 0.15) is 0 Å². The third-order valence-corrected chi connectivity index (χ3v) is 6.56. The maximum absolute atomic E-state index is 13.0. The first-order valence-corrected chi connectivity index (χ1v) is 8.98. The van der Waals surface area contributed by atoms with E-state index in [1.54, 1.807) is 0 Å². The molecule has 1 heterocycles. The molecule has 0 unspecified atom stereocenters. The lowest BCUT2D eigenvalue weighted by atomic mass is 9.53. The van der Waals surface area contributed by atoms with Crippen LogP contribution in [-0.4, -0.2) is 16.0 Å². The number of nitrogens with zero attached hydrogens (tertiary/aromatic N) is 1. The van der Waals surface area contributed by atoms with Crippen LogP contribution in [0.15, 0.2) is 30.5 Å². The highest BCUT2D eigenvalue weighted by molar-refractivity contribution is 6.07. The number of amides is 1. The van der Waals surface area contributed by atoms with Gasteiger partial charge in [0, 0.05) is 29.7 Å². The summed E-state index contributed by atoms with van der Waals surface area (Å²) in [5.41, 5.74) is 2.05. The summed E-state index contributed by atoms with van der Waals surface area (Å²) in [5, 5.41) is 4.56. The molecule has 4 saturated carbocycles. The Morgan fingerprint density at radius 1 is 1.09 bits per heavy atom. The van der Waals surface area contributed by atoms with Crippen molar-refractivity contribution in [3.8, 4) is 0 Å². The Labute approximate surface area is 137 Å². The van der Waals surface area contributed by atoms with Crippen molar-refractivity contribution in [2.24, 2.45) is 24.8 Å². The minimum Gasteiger partial charge on any atom is -0.350 e. The molecule has 0 saturated heterocycles. The normalized spacial score (nSPS) is 34.9. The van der Waals surface area contributed by atoms with Crippen LogP contribution in [0, 0.1) is 17.8 Å². The molecule has 1 aromatic carbocycles. The zero-order chi connectivity index (χ0) is 15.6. The number of hydrogen-bond donors (Lipinski definition) is 1. The van der Waals surface area contributed by atoms with Crippen LogP contribution < -0.4 is 5.32 Å². The molecule has 1 aromatic heterocycles. The smallest absolute Gasteiger partial charge is 0.253 e. The van der Waals surface area contributed by atoms with Gasteiger partial charge >= 0.3 is 0 Å². The molecule has 4 bridgehead atoms. The largest absolute Gasteiger partial charge is 0.350 e. The predicted molar refractivity (Wildman–Crippen MR) is 91.3 cm³/mol. The maximum atomic E-state index is 13.0. The summed E-state index contributed by atoms with van der Waals surface area (Å²) in [7, 11) is 2.02. The van der Waals surface area contributed by atoms with E-state index in [0.29, 0.717) is 0 Å². The molecule has 6 rings (SSSR count). The van der Waals surface area contributed by atoms with E-state index in [1.165, 1.54) is 38.5 Å². The molecular formula is C20H24N2O. The molecule has 3 heteroatoms. The molecule has 0 radical (unpaired) electrons. The fraction of sp³-hybridized carbons (Fsp3) is 0.550. The number of nitrogens with one attached hydrogen (secondary N) is 1. The summed E-state index contributed by atoms with van der Waals surface area (Å²) >= 11 is 0. The van der Waals surface area contributed by atoms with Crippen molar-refractivity contribution in [2.75, 3.05) is 0 Å². The van der Waals surface area contributed by atoms with Crippen LogP contribution in [0.4, 0.5) is 0 Å². The van der Waals surface area contributed by atoms with Crippen molar-refractivity contribution in [2.45, 2.75) is 44.1 Å². The van der Waals surface area contributed by atoms with E-state index in [1.807, 2.05) is 25.4 Å². The first-order valence-electron chi connectivity index (χ1n) is 8.98. The van der Waals surface area contributed by atoms with Crippen LogP contribution in [0.3, 0.4) is 0 Å². The fourth-order valence-corrected chi connectivity index (χ4v) is 6.09. The van der Waals surface area contributed by atoms with Gasteiger partial charge in [-0.2, -0.15) is 0 Å². The molecule has 4 aliphatic carbocycles. The number of para-hydroxylation sites is 1. The summed E-state index contributed by atoms with van der Waals surface area (Å²) in [6.45, 7) is 0. The average molecular weight is 308 g/mol. The summed E-state index contributed by atoms with van der Waals surface area (Å²) < 4.78 is 2.06. The van der Waals surface area contributed by atoms with Crippen molar-refractivity contribution in [1.29, 1.82) is 0 Å². The Hall–Kier alpha value is -1.77. The zero-order valence-electron chi connectivity index (χ0n) is 13.7. The van der Waals surface area contributed by atoms with Crippen molar-refractivity contribution in [1.82, 2.24) is 9.88 Å². The van der Waals surface area contributed by atoms with Gasteiger partial charge in [-0.15, -0.1) is 0 Å². The highest BCUT2D eigenvalue weighted by Crippen LogP contribution is 2.55. The van der Waals surface area contributed by atoms with E-state index in [2.05, 4.69) is 22.0 Å². The number of rotatable bonds is 2. The van der Waals surface area contributed by atoms with Gasteiger partial charge in [0.05, 0.1) is 5.56 Å². The molecule has 3 nitrogen and oxygen atoms in total. The Morgan fingerprint density at radius 2 is 1.70 bits per heavy atom. The van der Waals surface area contributed by atoms with Gasteiger partial charge in [0.25, 0.3) is 5.91 Å². The Bertz CT molecular complexity index is 753. The van der Waals surface area contributed by atoms with Gasteiger partial charge in [0.2, 0.25) is 0 Å². The predicted octanol–water partition coefficient (Wildman–Crippen LogP) is 3.88. The first kappa shape index (κ1) is 13.6. The van der Waals surface area contributed by atoms with Crippen LogP contribution in [0.1, 0.15) is 48.9 Å². The van der Waals surface area contributed by atoms with E-state index in [-0.39, 0.29) is 11.4 Å². The van der Waals surface area contributed by atoms with Crippen LogP contribution in [0.2, 0.25) is 0 Å². The topological polar surface area (TPSA) is 34.0 Å². The average Bonchev–Trinajstić information content (AvgIpc) is 2.83. The molecule has 120 valence electrons. The summed E-state index contributed by atoms with van der Waals surface area (Å²) in [5.74, 6) is 2.70. The van der Waals surface area contributed by atoms with Crippen LogP contribution in [0.5, 0.6) is 0 Å². The molecule has 0 aliphatic heterocycles. The number of aryl methyl sites for hydroxylation is 1. The second kappa shape index (κ2) is 4.62. The molecule has 1 N–H and O–H groups in total. The fourth-order valence-electron chi connectivity index (χ4n) is 6.09. The second-order valence-electron chi connectivity index (χ2n) is 8.32. The third-order valence-electron chi connectivity index (χ3n) is 6.56. The van der Waals surface area contributed by atoms with Crippen molar-refractivity contribution >= 4 is 16.8 Å². The molecule has 4 fully saturated rings. The number of benzene rings is 1. The first-order chi connectivity index (χ1) is 11.1. The van der Waals surface area contributed by atoms with E-state index >= 15 is 0 Å². The number of fused-ring (bicyclic) bond motifs is 1. The number of aromatic nitrogens is 1. The monoisotopic (exact) mass is 308 g/mol. The van der Waals surface area contributed by atoms with Gasteiger partial charge in [-0.3, -0.25) is 4.79 Å². The van der Waals surface area contributed by atoms with E-state index in [0.717, 1.165) is 34.2 Å². The lowest BCUT2D eigenvalue weighted by Gasteiger charge is -2.56. The second-order valence-corrected chi connectivity index (χ2v) is 8.32. The minimum absolute atomic E-state index is 0.0861. The molecule has 23 heavy (non-hydrogen) atoms. The number of carbonyl (C=O) groups excluding carboxylic acids is 1. The molecular weight excluding hydrogens is 284 g/mol. The van der Waals surface area contributed by atoms with Crippen molar-refractivity contribution in [3.63, 3.8) is 0 Å².